The zero-order valence-corrected chi connectivity index (χ0v) is 10.4. The first-order valence-electron chi connectivity index (χ1n) is 5.61. The maximum Gasteiger partial charge on any atom is 0.333 e. The third-order valence-corrected chi connectivity index (χ3v) is 1.91. The summed E-state index contributed by atoms with van der Waals surface area (Å²) in [6.45, 7) is 9.48. The number of carbonyl (C=O) groups excluding carboxylic acids is 1. The molecule has 0 spiro atoms. The fraction of sp³-hybridized carbons (Fsp3) is 0.750. The molecule has 0 amide bonds. The molecule has 2 unspecified atom stereocenters. The van der Waals surface area contributed by atoms with Gasteiger partial charge in [-0.1, -0.05) is 19.9 Å². The number of esters is 1. The quantitative estimate of drug-likeness (QED) is 0.509. The summed E-state index contributed by atoms with van der Waals surface area (Å²) in [5.74, 6) is -0.366. The topological polar surface area (TPSA) is 55.8 Å². The van der Waals surface area contributed by atoms with Gasteiger partial charge in [-0.15, -0.1) is 0 Å². The predicted octanol–water partition coefficient (Wildman–Crippen LogP) is 1.67. The highest BCUT2D eigenvalue weighted by atomic mass is 16.6. The molecule has 0 bridgehead atoms. The monoisotopic (exact) mass is 230 g/mol. The highest BCUT2D eigenvalue weighted by Crippen LogP contribution is 2.05. The Morgan fingerprint density at radius 2 is 2.00 bits per heavy atom. The average molecular weight is 230 g/mol. The van der Waals surface area contributed by atoms with Crippen LogP contribution in [0.2, 0.25) is 0 Å². The molecule has 16 heavy (non-hydrogen) atoms. The summed E-state index contributed by atoms with van der Waals surface area (Å²) in [4.78, 5) is 11.3. The van der Waals surface area contributed by atoms with E-state index in [-0.39, 0.29) is 25.3 Å². The first kappa shape index (κ1) is 15.1. The molecule has 0 radical (unpaired) electrons. The summed E-state index contributed by atoms with van der Waals surface area (Å²) in [5, 5.41) is 8.99. The van der Waals surface area contributed by atoms with Crippen molar-refractivity contribution in [3.8, 4) is 0 Å². The van der Waals surface area contributed by atoms with E-state index in [9.17, 15) is 4.79 Å². The summed E-state index contributed by atoms with van der Waals surface area (Å²) in [6.07, 6.45) is 0.810. The molecule has 0 aliphatic heterocycles. The Hall–Kier alpha value is -0.870. The Morgan fingerprint density at radius 1 is 1.38 bits per heavy atom. The van der Waals surface area contributed by atoms with Crippen LogP contribution in [0.3, 0.4) is 0 Å². The fourth-order valence-electron chi connectivity index (χ4n) is 1.05. The molecule has 0 heterocycles. The largest absolute Gasteiger partial charge is 0.460 e. The Kier molecular flexibility index (Phi) is 7.85. The summed E-state index contributed by atoms with van der Waals surface area (Å²) in [6, 6.07) is 0. The molecule has 0 aliphatic carbocycles. The smallest absolute Gasteiger partial charge is 0.333 e. The van der Waals surface area contributed by atoms with Crippen molar-refractivity contribution in [3.05, 3.63) is 12.2 Å². The molecule has 2 atom stereocenters. The highest BCUT2D eigenvalue weighted by molar-refractivity contribution is 5.87. The van der Waals surface area contributed by atoms with Gasteiger partial charge >= 0.3 is 5.97 Å². The first-order chi connectivity index (χ1) is 7.47. The van der Waals surface area contributed by atoms with E-state index in [1.54, 1.807) is 13.8 Å². The number of hydrogen-bond acceptors (Lipinski definition) is 4. The lowest BCUT2D eigenvalue weighted by Gasteiger charge is -2.14. The van der Waals surface area contributed by atoms with Crippen molar-refractivity contribution in [2.75, 3.05) is 13.2 Å². The number of ether oxygens (including phenoxy) is 2. The molecule has 4 nitrogen and oxygen atoms in total. The van der Waals surface area contributed by atoms with Crippen LogP contribution in [0.5, 0.6) is 0 Å². The Labute approximate surface area is 97.2 Å². The van der Waals surface area contributed by atoms with E-state index in [0.717, 1.165) is 6.42 Å². The van der Waals surface area contributed by atoms with Gasteiger partial charge in [0.25, 0.3) is 0 Å². The lowest BCUT2D eigenvalue weighted by atomic mass is 10.2. The molecule has 94 valence electrons. The van der Waals surface area contributed by atoms with Crippen LogP contribution in [0.25, 0.3) is 0 Å². The molecule has 0 aromatic heterocycles. The van der Waals surface area contributed by atoms with Gasteiger partial charge in [-0.25, -0.2) is 4.79 Å². The van der Waals surface area contributed by atoms with Gasteiger partial charge in [0.2, 0.25) is 0 Å². The van der Waals surface area contributed by atoms with Gasteiger partial charge in [-0.05, 0) is 20.3 Å². The molecule has 0 saturated carbocycles. The minimum atomic E-state index is -0.506. The second kappa shape index (κ2) is 8.30. The van der Waals surface area contributed by atoms with Crippen molar-refractivity contribution < 1.29 is 19.4 Å². The van der Waals surface area contributed by atoms with Crippen molar-refractivity contribution in [2.45, 2.75) is 45.8 Å². The van der Waals surface area contributed by atoms with E-state index in [1.165, 1.54) is 0 Å². The average Bonchev–Trinajstić information content (AvgIpc) is 2.23. The van der Waals surface area contributed by atoms with Crippen molar-refractivity contribution in [1.82, 2.24) is 0 Å². The van der Waals surface area contributed by atoms with Crippen LogP contribution in [0.1, 0.15) is 33.6 Å². The molecule has 0 aromatic carbocycles. The molecular formula is C12H22O4. The minimum Gasteiger partial charge on any atom is -0.460 e. The zero-order valence-electron chi connectivity index (χ0n) is 10.4. The van der Waals surface area contributed by atoms with Crippen LogP contribution >= 0.6 is 0 Å². The number of rotatable bonds is 8. The van der Waals surface area contributed by atoms with E-state index < -0.39 is 6.10 Å². The number of hydrogen-bond donors (Lipinski definition) is 1. The Balaban J connectivity index is 3.70. The lowest BCUT2D eigenvalue weighted by molar-refractivity contribution is -0.143. The first-order valence-corrected chi connectivity index (χ1v) is 5.61. The van der Waals surface area contributed by atoms with Crippen molar-refractivity contribution in [3.63, 3.8) is 0 Å². The van der Waals surface area contributed by atoms with E-state index in [0.29, 0.717) is 12.0 Å². The summed E-state index contributed by atoms with van der Waals surface area (Å²) >= 11 is 0. The number of aliphatic hydroxyl groups is 1. The molecule has 0 rings (SSSR count). The summed E-state index contributed by atoms with van der Waals surface area (Å²) in [5.41, 5.74) is 0.491. The van der Waals surface area contributed by atoms with Gasteiger partial charge in [0.15, 0.2) is 0 Å². The van der Waals surface area contributed by atoms with Crippen molar-refractivity contribution in [1.29, 1.82) is 0 Å². The molecule has 0 fully saturated rings. The summed E-state index contributed by atoms with van der Waals surface area (Å²) < 4.78 is 10.2. The Morgan fingerprint density at radius 3 is 2.50 bits per heavy atom. The lowest BCUT2D eigenvalue weighted by Crippen LogP contribution is -2.23. The summed E-state index contributed by atoms with van der Waals surface area (Å²) in [7, 11) is 0. The van der Waals surface area contributed by atoms with Crippen LogP contribution in [0.4, 0.5) is 0 Å². The Bertz CT molecular complexity index is 223. The standard InChI is InChI=1S/C12H22O4/c1-5-6-9(2)12(14)16-8-11(4)15-7-10(3)13/h10-11,13H,2,5-8H2,1,3-4H3. The van der Waals surface area contributed by atoms with Crippen LogP contribution < -0.4 is 0 Å². The third kappa shape index (κ3) is 7.43. The maximum atomic E-state index is 11.3. The van der Waals surface area contributed by atoms with Crippen LogP contribution in [0, 0.1) is 0 Å². The van der Waals surface area contributed by atoms with Crippen LogP contribution in [-0.2, 0) is 14.3 Å². The second-order valence-electron chi connectivity index (χ2n) is 3.94. The van der Waals surface area contributed by atoms with E-state index in [1.807, 2.05) is 6.92 Å². The van der Waals surface area contributed by atoms with E-state index in [4.69, 9.17) is 14.6 Å². The number of aliphatic hydroxyl groups excluding tert-OH is 1. The van der Waals surface area contributed by atoms with Gasteiger partial charge in [-0.3, -0.25) is 0 Å². The van der Waals surface area contributed by atoms with Gasteiger partial charge in [-0.2, -0.15) is 0 Å². The van der Waals surface area contributed by atoms with Crippen LogP contribution in [0.15, 0.2) is 12.2 Å². The fourth-order valence-corrected chi connectivity index (χ4v) is 1.05. The molecular weight excluding hydrogens is 208 g/mol. The normalized spacial score (nSPS) is 14.2. The second-order valence-corrected chi connectivity index (χ2v) is 3.94. The van der Waals surface area contributed by atoms with E-state index >= 15 is 0 Å². The van der Waals surface area contributed by atoms with Gasteiger partial charge in [0, 0.05) is 5.57 Å². The molecule has 0 aliphatic rings. The molecule has 0 saturated heterocycles. The van der Waals surface area contributed by atoms with Crippen molar-refractivity contribution >= 4 is 5.97 Å². The van der Waals surface area contributed by atoms with Gasteiger partial charge in [0.1, 0.15) is 6.61 Å². The third-order valence-electron chi connectivity index (χ3n) is 1.91. The molecule has 0 aromatic rings. The zero-order chi connectivity index (χ0) is 12.6. The molecule has 4 heteroatoms. The van der Waals surface area contributed by atoms with Gasteiger partial charge < -0.3 is 14.6 Å². The predicted molar refractivity (Wildman–Crippen MR) is 62.1 cm³/mol. The molecule has 1 N–H and O–H groups in total. The van der Waals surface area contributed by atoms with Crippen LogP contribution in [-0.4, -0.2) is 36.5 Å². The van der Waals surface area contributed by atoms with E-state index in [2.05, 4.69) is 6.58 Å². The highest BCUT2D eigenvalue weighted by Gasteiger charge is 2.11. The van der Waals surface area contributed by atoms with Gasteiger partial charge in [0.05, 0.1) is 18.8 Å². The maximum absolute atomic E-state index is 11.3. The number of carbonyl (C=O) groups is 1. The van der Waals surface area contributed by atoms with Crippen molar-refractivity contribution in [2.24, 2.45) is 0 Å². The SMILES string of the molecule is C=C(CCC)C(=O)OCC(C)OCC(C)O. The minimum absolute atomic E-state index is 0.189.